The molecule has 1 aromatic heterocycles. The van der Waals surface area contributed by atoms with Crippen LogP contribution in [0.4, 0.5) is 0 Å². The van der Waals surface area contributed by atoms with Crippen LogP contribution in [0.15, 0.2) is 34.8 Å². The fourth-order valence-corrected chi connectivity index (χ4v) is 4.07. The molecule has 2 aromatic rings. The number of hydrogen-bond acceptors (Lipinski definition) is 5. The first kappa shape index (κ1) is 17.0. The summed E-state index contributed by atoms with van der Waals surface area (Å²) in [6.07, 6.45) is 1.73. The molecule has 2 fully saturated rings. The van der Waals surface area contributed by atoms with Crippen molar-refractivity contribution in [2.45, 2.75) is 26.2 Å². The summed E-state index contributed by atoms with van der Waals surface area (Å²) in [6.45, 7) is 8.16. The van der Waals surface area contributed by atoms with E-state index in [-0.39, 0.29) is 17.2 Å². The normalized spacial score (nSPS) is 25.6. The lowest BCUT2D eigenvalue weighted by Gasteiger charge is -2.22. The maximum Gasteiger partial charge on any atom is 0.246 e. The molecule has 4 rings (SSSR count). The molecule has 1 amide bonds. The quantitative estimate of drug-likeness (QED) is 0.793. The third kappa shape index (κ3) is 2.74. The van der Waals surface area contributed by atoms with Gasteiger partial charge in [0.1, 0.15) is 0 Å². The molecule has 26 heavy (non-hydrogen) atoms. The van der Waals surface area contributed by atoms with Crippen molar-refractivity contribution in [2.24, 2.45) is 5.92 Å². The number of benzene rings is 1. The molecule has 2 aliphatic heterocycles. The third-order valence-corrected chi connectivity index (χ3v) is 5.55. The van der Waals surface area contributed by atoms with Gasteiger partial charge in [0.05, 0.1) is 18.6 Å². The van der Waals surface area contributed by atoms with Crippen molar-refractivity contribution in [3.63, 3.8) is 0 Å². The Bertz CT molecular complexity index is 873. The second-order valence-electron chi connectivity index (χ2n) is 7.36. The van der Waals surface area contributed by atoms with Gasteiger partial charge in [-0.1, -0.05) is 24.3 Å². The van der Waals surface area contributed by atoms with E-state index < -0.39 is 0 Å². The lowest BCUT2D eigenvalue weighted by atomic mass is 9.81. The average Bonchev–Trinajstić information content (AvgIpc) is 3.28. The van der Waals surface area contributed by atoms with E-state index in [0.29, 0.717) is 38.1 Å². The number of hydrogen-bond donors (Lipinski definition) is 0. The van der Waals surface area contributed by atoms with Gasteiger partial charge in [-0.3, -0.25) is 4.79 Å². The monoisotopic (exact) mass is 353 g/mol. The number of carbonyl (C=O) groups is 1. The molecule has 0 N–H and O–H groups in total. The first-order valence-electron chi connectivity index (χ1n) is 8.91. The maximum atomic E-state index is 12.9. The van der Waals surface area contributed by atoms with Crippen LogP contribution in [-0.4, -0.2) is 47.3 Å². The van der Waals surface area contributed by atoms with Crippen molar-refractivity contribution < 1.29 is 13.9 Å². The Balaban J connectivity index is 1.57. The van der Waals surface area contributed by atoms with E-state index in [1.807, 2.05) is 30.0 Å². The molecule has 0 bridgehead atoms. The van der Waals surface area contributed by atoms with Crippen molar-refractivity contribution in [3.8, 4) is 0 Å². The lowest BCUT2D eigenvalue weighted by Crippen LogP contribution is -2.37. The Morgan fingerprint density at radius 3 is 2.85 bits per heavy atom. The number of ether oxygens (including phenoxy) is 1. The molecule has 136 valence electrons. The van der Waals surface area contributed by atoms with Crippen LogP contribution in [0.1, 0.15) is 29.8 Å². The van der Waals surface area contributed by atoms with Crippen LogP contribution in [0.25, 0.3) is 5.57 Å². The Morgan fingerprint density at radius 1 is 1.31 bits per heavy atom. The summed E-state index contributed by atoms with van der Waals surface area (Å²) in [5, 5.41) is 8.19. The summed E-state index contributed by atoms with van der Waals surface area (Å²) in [4.78, 5) is 14.8. The number of fused-ring (bicyclic) bond motifs is 1. The molecule has 3 heterocycles. The predicted molar refractivity (Wildman–Crippen MR) is 96.4 cm³/mol. The molecule has 2 atom stereocenters. The standard InChI is InChI=1S/C20H23N3O3/c1-13-6-4-5-7-17(13)14(2)8-18(24)23-9-16-10-25-12-20(16,11-23)19-22-21-15(3)26-19/h4-8,16H,9-12H2,1-3H3/b14-8+/t16-,20-/m0/s1. The summed E-state index contributed by atoms with van der Waals surface area (Å²) in [6, 6.07) is 8.10. The number of aromatic nitrogens is 2. The predicted octanol–water partition coefficient (Wildman–Crippen LogP) is 2.52. The van der Waals surface area contributed by atoms with E-state index in [9.17, 15) is 4.79 Å². The van der Waals surface area contributed by atoms with Crippen LogP contribution in [0.3, 0.4) is 0 Å². The highest BCUT2D eigenvalue weighted by atomic mass is 16.5. The van der Waals surface area contributed by atoms with Gasteiger partial charge in [-0.2, -0.15) is 0 Å². The van der Waals surface area contributed by atoms with Gasteiger partial charge >= 0.3 is 0 Å². The Labute approximate surface area is 152 Å². The molecule has 0 unspecified atom stereocenters. The highest BCUT2D eigenvalue weighted by Crippen LogP contribution is 2.43. The highest BCUT2D eigenvalue weighted by Gasteiger charge is 2.56. The van der Waals surface area contributed by atoms with Crippen LogP contribution in [0.5, 0.6) is 0 Å². The molecule has 0 saturated carbocycles. The van der Waals surface area contributed by atoms with Gasteiger partial charge in [0.15, 0.2) is 0 Å². The minimum atomic E-state index is -0.374. The zero-order chi connectivity index (χ0) is 18.3. The number of carbonyl (C=O) groups excluding carboxylic acids is 1. The lowest BCUT2D eigenvalue weighted by molar-refractivity contribution is -0.125. The summed E-state index contributed by atoms with van der Waals surface area (Å²) in [5.74, 6) is 1.35. The number of allylic oxidation sites excluding steroid dienone is 1. The molecular weight excluding hydrogens is 330 g/mol. The molecule has 6 nitrogen and oxygen atoms in total. The number of nitrogens with zero attached hydrogens (tertiary/aromatic N) is 3. The topological polar surface area (TPSA) is 68.5 Å². The van der Waals surface area contributed by atoms with Gasteiger partial charge in [-0.25, -0.2) is 0 Å². The molecule has 0 radical (unpaired) electrons. The molecule has 2 saturated heterocycles. The fraction of sp³-hybridized carbons (Fsp3) is 0.450. The molecule has 0 spiro atoms. The first-order valence-corrected chi connectivity index (χ1v) is 8.91. The van der Waals surface area contributed by atoms with Crippen LogP contribution in [-0.2, 0) is 14.9 Å². The smallest absolute Gasteiger partial charge is 0.246 e. The van der Waals surface area contributed by atoms with Gasteiger partial charge in [0, 0.05) is 32.0 Å². The van der Waals surface area contributed by atoms with Crippen LogP contribution < -0.4 is 0 Å². The fourth-order valence-electron chi connectivity index (χ4n) is 4.07. The minimum absolute atomic E-state index is 0.0239. The molecule has 6 heteroatoms. The zero-order valence-electron chi connectivity index (χ0n) is 15.4. The van der Waals surface area contributed by atoms with E-state index in [0.717, 1.165) is 11.1 Å². The first-order chi connectivity index (χ1) is 12.5. The van der Waals surface area contributed by atoms with Gasteiger partial charge in [0.25, 0.3) is 0 Å². The van der Waals surface area contributed by atoms with Crippen molar-refractivity contribution in [2.75, 3.05) is 26.3 Å². The number of amides is 1. The van der Waals surface area contributed by atoms with E-state index >= 15 is 0 Å². The van der Waals surface area contributed by atoms with E-state index in [2.05, 4.69) is 23.2 Å². The molecule has 1 aromatic carbocycles. The third-order valence-electron chi connectivity index (χ3n) is 5.55. The highest BCUT2D eigenvalue weighted by molar-refractivity contribution is 5.95. The minimum Gasteiger partial charge on any atom is -0.425 e. The molecule has 0 aliphatic carbocycles. The second-order valence-corrected chi connectivity index (χ2v) is 7.36. The van der Waals surface area contributed by atoms with Gasteiger partial charge in [0.2, 0.25) is 17.7 Å². The Kier molecular flexibility index (Phi) is 4.15. The summed E-state index contributed by atoms with van der Waals surface area (Å²) < 4.78 is 11.4. The van der Waals surface area contributed by atoms with E-state index in [4.69, 9.17) is 9.15 Å². The summed E-state index contributed by atoms with van der Waals surface area (Å²) in [5.41, 5.74) is 2.87. The van der Waals surface area contributed by atoms with Crippen molar-refractivity contribution in [1.29, 1.82) is 0 Å². The van der Waals surface area contributed by atoms with Gasteiger partial charge in [-0.15, -0.1) is 10.2 Å². The van der Waals surface area contributed by atoms with E-state index in [1.54, 1.807) is 13.0 Å². The van der Waals surface area contributed by atoms with Crippen LogP contribution in [0.2, 0.25) is 0 Å². The molecule has 2 aliphatic rings. The zero-order valence-corrected chi connectivity index (χ0v) is 15.4. The van der Waals surface area contributed by atoms with Crippen molar-refractivity contribution in [3.05, 3.63) is 53.2 Å². The van der Waals surface area contributed by atoms with Gasteiger partial charge in [-0.05, 0) is 30.5 Å². The summed E-state index contributed by atoms with van der Waals surface area (Å²) in [7, 11) is 0. The van der Waals surface area contributed by atoms with Crippen LogP contribution in [0, 0.1) is 19.8 Å². The van der Waals surface area contributed by atoms with E-state index in [1.165, 1.54) is 5.56 Å². The maximum absolute atomic E-state index is 12.9. The second kappa shape index (κ2) is 6.36. The van der Waals surface area contributed by atoms with Crippen molar-refractivity contribution >= 4 is 11.5 Å². The van der Waals surface area contributed by atoms with Crippen LogP contribution >= 0.6 is 0 Å². The largest absolute Gasteiger partial charge is 0.425 e. The molecular formula is C20H23N3O3. The average molecular weight is 353 g/mol. The Morgan fingerprint density at radius 2 is 2.12 bits per heavy atom. The Hall–Kier alpha value is -2.47. The SMILES string of the molecule is C/C(=C\C(=O)N1C[C@H]2COC[C@@]2(c2nnc(C)o2)C1)c1ccccc1C. The summed E-state index contributed by atoms with van der Waals surface area (Å²) >= 11 is 0. The number of aryl methyl sites for hydroxylation is 2. The van der Waals surface area contributed by atoms with Gasteiger partial charge < -0.3 is 14.1 Å². The number of rotatable bonds is 3. The number of likely N-dealkylation sites (tertiary alicyclic amines) is 1. The van der Waals surface area contributed by atoms with Crippen molar-refractivity contribution in [1.82, 2.24) is 15.1 Å².